The van der Waals surface area contributed by atoms with E-state index in [4.69, 9.17) is 10.5 Å². The summed E-state index contributed by atoms with van der Waals surface area (Å²) in [7, 11) is 0. The lowest BCUT2D eigenvalue weighted by Crippen LogP contribution is -1.87. The number of hydrogen-bond acceptors (Lipinski definition) is 7. The van der Waals surface area contributed by atoms with E-state index in [1.807, 2.05) is 24.3 Å². The molecule has 7 nitrogen and oxygen atoms in total. The standard InChI is InChI=1S/C11H12O3.C8H8O3.C3H6O/c1-9(12)2-3-10-4-6-11(7-5-10)8-14-13;9-5-7-1-3-8(4-2-7)6-11-10;1-3(2)4/h2-7,13H,8H2,1H3;1-5,10H,6H2;1-2H3/b3-2+;;. The second-order valence-electron chi connectivity index (χ2n) is 6.00. The summed E-state index contributed by atoms with van der Waals surface area (Å²) in [4.78, 5) is 38.2. The Balaban J connectivity index is 0.000000466. The van der Waals surface area contributed by atoms with E-state index in [9.17, 15) is 14.4 Å². The molecule has 156 valence electrons. The molecule has 0 aliphatic carbocycles. The van der Waals surface area contributed by atoms with Gasteiger partial charge < -0.3 is 4.79 Å². The zero-order chi connectivity index (χ0) is 22.1. The minimum atomic E-state index is 0.0211. The number of hydrogen-bond donors (Lipinski definition) is 2. The van der Waals surface area contributed by atoms with E-state index < -0.39 is 0 Å². The summed E-state index contributed by atoms with van der Waals surface area (Å²) in [6.07, 6.45) is 4.02. The van der Waals surface area contributed by atoms with Crippen LogP contribution in [0, 0.1) is 0 Å². The van der Waals surface area contributed by atoms with E-state index in [0.29, 0.717) is 5.56 Å². The summed E-state index contributed by atoms with van der Waals surface area (Å²) < 4.78 is 0. The van der Waals surface area contributed by atoms with Gasteiger partial charge in [0.1, 0.15) is 25.3 Å². The largest absolute Gasteiger partial charge is 0.300 e. The van der Waals surface area contributed by atoms with Crippen LogP contribution in [-0.4, -0.2) is 28.4 Å². The van der Waals surface area contributed by atoms with Crippen molar-refractivity contribution in [1.82, 2.24) is 0 Å². The van der Waals surface area contributed by atoms with Crippen LogP contribution >= 0.6 is 0 Å². The summed E-state index contributed by atoms with van der Waals surface area (Å²) >= 11 is 0. The van der Waals surface area contributed by atoms with E-state index in [2.05, 4.69) is 9.78 Å². The summed E-state index contributed by atoms with van der Waals surface area (Å²) in [5.41, 5.74) is 3.28. The molecule has 0 aromatic heterocycles. The minimum Gasteiger partial charge on any atom is -0.300 e. The molecule has 0 heterocycles. The van der Waals surface area contributed by atoms with Crippen LogP contribution in [0.4, 0.5) is 0 Å². The predicted octanol–water partition coefficient (Wildman–Crippen LogP) is 4.36. The molecular formula is C22H26O7. The first-order chi connectivity index (χ1) is 13.8. The number of Topliss-reactive ketones (excluding diaryl/α,β-unsaturated/α-hetero) is 1. The Kier molecular flexibility index (Phi) is 14.4. The molecule has 0 radical (unpaired) electrons. The highest BCUT2D eigenvalue weighted by molar-refractivity contribution is 5.91. The van der Waals surface area contributed by atoms with E-state index in [1.165, 1.54) is 26.8 Å². The first-order valence-corrected chi connectivity index (χ1v) is 8.64. The Hall–Kier alpha value is -2.97. The van der Waals surface area contributed by atoms with Crippen LogP contribution in [-0.2, 0) is 32.6 Å². The van der Waals surface area contributed by atoms with Gasteiger partial charge in [0.15, 0.2) is 5.78 Å². The fourth-order valence-corrected chi connectivity index (χ4v) is 1.78. The summed E-state index contributed by atoms with van der Waals surface area (Å²) in [6.45, 7) is 4.89. The third-order valence-electron chi connectivity index (χ3n) is 3.07. The number of rotatable bonds is 7. The summed E-state index contributed by atoms with van der Waals surface area (Å²) in [6, 6.07) is 14.1. The second kappa shape index (κ2) is 16.0. The van der Waals surface area contributed by atoms with Crippen LogP contribution < -0.4 is 0 Å². The molecule has 2 aromatic carbocycles. The van der Waals surface area contributed by atoms with Gasteiger partial charge in [-0.1, -0.05) is 54.6 Å². The Labute approximate surface area is 170 Å². The van der Waals surface area contributed by atoms with Crippen molar-refractivity contribution in [2.75, 3.05) is 0 Å². The molecule has 0 aliphatic heterocycles. The Morgan fingerprint density at radius 2 is 1.17 bits per heavy atom. The van der Waals surface area contributed by atoms with Crippen molar-refractivity contribution in [2.45, 2.75) is 34.0 Å². The highest BCUT2D eigenvalue weighted by Crippen LogP contribution is 2.07. The van der Waals surface area contributed by atoms with Crippen molar-refractivity contribution in [3.63, 3.8) is 0 Å². The van der Waals surface area contributed by atoms with Crippen LogP contribution in [0.3, 0.4) is 0 Å². The predicted molar refractivity (Wildman–Crippen MR) is 109 cm³/mol. The van der Waals surface area contributed by atoms with E-state index in [1.54, 1.807) is 30.3 Å². The third kappa shape index (κ3) is 14.7. The SMILES string of the molecule is CC(=O)/C=C/c1ccc(COO)cc1.CC(C)=O.O=Cc1ccc(COO)cc1. The van der Waals surface area contributed by atoms with Gasteiger partial charge >= 0.3 is 0 Å². The maximum Gasteiger partial charge on any atom is 0.152 e. The molecule has 0 unspecified atom stereocenters. The van der Waals surface area contributed by atoms with Crippen LogP contribution in [0.25, 0.3) is 6.08 Å². The maximum atomic E-state index is 10.6. The molecule has 29 heavy (non-hydrogen) atoms. The van der Waals surface area contributed by atoms with E-state index in [-0.39, 0.29) is 24.8 Å². The zero-order valence-corrected chi connectivity index (χ0v) is 16.7. The average Bonchev–Trinajstić information content (AvgIpc) is 2.69. The normalized spacial score (nSPS) is 9.69. The zero-order valence-electron chi connectivity index (χ0n) is 16.7. The lowest BCUT2D eigenvalue weighted by atomic mass is 10.1. The molecule has 0 atom stereocenters. The van der Waals surface area contributed by atoms with Crippen LogP contribution in [0.1, 0.15) is 47.8 Å². The Morgan fingerprint density at radius 3 is 1.48 bits per heavy atom. The first kappa shape index (κ1) is 26.0. The smallest absolute Gasteiger partial charge is 0.152 e. The second-order valence-corrected chi connectivity index (χ2v) is 6.00. The van der Waals surface area contributed by atoms with Gasteiger partial charge in [0, 0.05) is 5.56 Å². The fraction of sp³-hybridized carbons (Fsp3) is 0.227. The van der Waals surface area contributed by atoms with Crippen LogP contribution in [0.2, 0.25) is 0 Å². The number of allylic oxidation sites excluding steroid dienone is 1. The molecule has 0 aliphatic rings. The topological polar surface area (TPSA) is 110 Å². The van der Waals surface area contributed by atoms with Crippen LogP contribution in [0.15, 0.2) is 54.6 Å². The highest BCUT2D eigenvalue weighted by atomic mass is 17.1. The average molecular weight is 402 g/mol. The first-order valence-electron chi connectivity index (χ1n) is 8.64. The molecule has 0 amide bonds. The Bertz CT molecular complexity index is 759. The number of aldehydes is 1. The number of benzene rings is 2. The van der Waals surface area contributed by atoms with Crippen molar-refractivity contribution in [2.24, 2.45) is 0 Å². The number of carbonyl (C=O) groups is 3. The van der Waals surface area contributed by atoms with Gasteiger partial charge in [-0.15, -0.1) is 0 Å². The maximum absolute atomic E-state index is 10.6. The third-order valence-corrected chi connectivity index (χ3v) is 3.07. The van der Waals surface area contributed by atoms with Gasteiger partial charge in [0.2, 0.25) is 0 Å². The van der Waals surface area contributed by atoms with Crippen molar-refractivity contribution >= 4 is 23.9 Å². The molecule has 2 N–H and O–H groups in total. The summed E-state index contributed by atoms with van der Waals surface area (Å²) in [5.74, 6) is 0.188. The van der Waals surface area contributed by atoms with Crippen molar-refractivity contribution < 1.29 is 34.7 Å². The van der Waals surface area contributed by atoms with Gasteiger partial charge in [0.05, 0.1) is 0 Å². The van der Waals surface area contributed by atoms with Crippen molar-refractivity contribution in [1.29, 1.82) is 0 Å². The quantitative estimate of drug-likeness (QED) is 0.306. The number of ketones is 2. The molecule has 0 saturated heterocycles. The summed E-state index contributed by atoms with van der Waals surface area (Å²) in [5, 5.41) is 16.3. The molecule has 2 aromatic rings. The molecule has 0 spiro atoms. The number of carbonyl (C=O) groups excluding carboxylic acids is 3. The molecule has 0 saturated carbocycles. The molecule has 7 heteroatoms. The van der Waals surface area contributed by atoms with Gasteiger partial charge in [-0.3, -0.25) is 20.1 Å². The van der Waals surface area contributed by atoms with Crippen LogP contribution in [0.5, 0.6) is 0 Å². The van der Waals surface area contributed by atoms with Crippen molar-refractivity contribution in [3.05, 3.63) is 76.9 Å². The van der Waals surface area contributed by atoms with Crippen molar-refractivity contribution in [3.8, 4) is 0 Å². The highest BCUT2D eigenvalue weighted by Gasteiger charge is 1.93. The molecule has 2 rings (SSSR count). The van der Waals surface area contributed by atoms with Gasteiger partial charge in [-0.05, 0) is 43.5 Å². The lowest BCUT2D eigenvalue weighted by molar-refractivity contribution is -0.253. The van der Waals surface area contributed by atoms with E-state index in [0.717, 1.165) is 23.0 Å². The molecule has 0 bridgehead atoms. The van der Waals surface area contributed by atoms with Gasteiger partial charge in [0.25, 0.3) is 0 Å². The minimum absolute atomic E-state index is 0.0211. The monoisotopic (exact) mass is 402 g/mol. The fourth-order valence-electron chi connectivity index (χ4n) is 1.78. The molecule has 0 fully saturated rings. The van der Waals surface area contributed by atoms with Gasteiger partial charge in [-0.25, -0.2) is 9.78 Å². The Morgan fingerprint density at radius 1 is 0.793 bits per heavy atom. The lowest BCUT2D eigenvalue weighted by Gasteiger charge is -1.98. The van der Waals surface area contributed by atoms with E-state index >= 15 is 0 Å². The van der Waals surface area contributed by atoms with Gasteiger partial charge in [-0.2, -0.15) is 0 Å². The molecular weight excluding hydrogens is 376 g/mol.